The average Bonchev–Trinajstić information content (AvgIpc) is 3.15. The smallest absolute Gasteiger partial charge is 0.257 e. The number of furan rings is 1. The molecule has 1 saturated heterocycles. The van der Waals surface area contributed by atoms with Crippen molar-refractivity contribution in [1.82, 2.24) is 9.80 Å². The zero-order chi connectivity index (χ0) is 16.9. The van der Waals surface area contributed by atoms with E-state index in [1.54, 1.807) is 34.1 Å². The summed E-state index contributed by atoms with van der Waals surface area (Å²) in [6.45, 7) is 1.94. The summed E-state index contributed by atoms with van der Waals surface area (Å²) in [6, 6.07) is 7.56. The Hall–Kier alpha value is -2.89. The molecule has 0 atom stereocenters. The lowest BCUT2D eigenvalue weighted by Gasteiger charge is -2.34. The van der Waals surface area contributed by atoms with Gasteiger partial charge in [0, 0.05) is 32.3 Å². The Labute approximate surface area is 139 Å². The molecule has 0 N–H and O–H groups in total. The van der Waals surface area contributed by atoms with Crippen molar-refractivity contribution in [3.8, 4) is 0 Å². The quantitative estimate of drug-likeness (QED) is 0.813. The third-order valence-corrected chi connectivity index (χ3v) is 3.94. The van der Waals surface area contributed by atoms with Crippen LogP contribution in [-0.4, -0.2) is 47.8 Å². The number of hydrogen-bond donors (Lipinski definition) is 0. The Morgan fingerprint density at radius 1 is 1.00 bits per heavy atom. The molecule has 124 valence electrons. The van der Waals surface area contributed by atoms with Gasteiger partial charge in [-0.25, -0.2) is 4.39 Å². The third-order valence-electron chi connectivity index (χ3n) is 3.94. The number of rotatable bonds is 3. The Bertz CT molecular complexity index is 730. The minimum atomic E-state index is -0.308. The van der Waals surface area contributed by atoms with E-state index in [0.717, 1.165) is 5.56 Å². The highest BCUT2D eigenvalue weighted by molar-refractivity contribution is 5.94. The topological polar surface area (TPSA) is 53.8 Å². The van der Waals surface area contributed by atoms with Crippen molar-refractivity contribution >= 4 is 17.9 Å². The molecular weight excluding hydrogens is 311 g/mol. The van der Waals surface area contributed by atoms with Crippen LogP contribution < -0.4 is 0 Å². The highest BCUT2D eigenvalue weighted by Crippen LogP contribution is 2.10. The largest absolute Gasteiger partial charge is 0.472 e. The van der Waals surface area contributed by atoms with Crippen LogP contribution in [0.15, 0.2) is 53.4 Å². The lowest BCUT2D eigenvalue weighted by molar-refractivity contribution is -0.127. The van der Waals surface area contributed by atoms with Gasteiger partial charge >= 0.3 is 0 Å². The summed E-state index contributed by atoms with van der Waals surface area (Å²) in [4.78, 5) is 27.8. The van der Waals surface area contributed by atoms with Gasteiger partial charge in [0.1, 0.15) is 12.1 Å². The van der Waals surface area contributed by atoms with Crippen molar-refractivity contribution in [2.24, 2.45) is 0 Å². The van der Waals surface area contributed by atoms with Crippen LogP contribution in [0, 0.1) is 5.82 Å². The molecule has 1 aliphatic rings. The van der Waals surface area contributed by atoms with Crippen LogP contribution in [0.25, 0.3) is 6.08 Å². The molecule has 1 aliphatic heterocycles. The molecular formula is C18H17FN2O3. The average molecular weight is 328 g/mol. The number of halogens is 1. The van der Waals surface area contributed by atoms with Gasteiger partial charge in [-0.2, -0.15) is 0 Å². The van der Waals surface area contributed by atoms with Gasteiger partial charge in [0.25, 0.3) is 5.91 Å². The molecule has 1 aromatic carbocycles. The van der Waals surface area contributed by atoms with Crippen LogP contribution in [0.5, 0.6) is 0 Å². The maximum atomic E-state index is 12.8. The first kappa shape index (κ1) is 16.0. The third kappa shape index (κ3) is 3.71. The van der Waals surface area contributed by atoms with Crippen molar-refractivity contribution in [3.63, 3.8) is 0 Å². The van der Waals surface area contributed by atoms with Gasteiger partial charge in [-0.05, 0) is 29.8 Å². The molecule has 1 aromatic heterocycles. The van der Waals surface area contributed by atoms with Gasteiger partial charge in [0.15, 0.2) is 0 Å². The minimum Gasteiger partial charge on any atom is -0.472 e. The second-order valence-electron chi connectivity index (χ2n) is 5.51. The number of hydrogen-bond acceptors (Lipinski definition) is 3. The highest BCUT2D eigenvalue weighted by atomic mass is 19.1. The summed E-state index contributed by atoms with van der Waals surface area (Å²) in [5.74, 6) is -0.510. The maximum absolute atomic E-state index is 12.8. The van der Waals surface area contributed by atoms with Gasteiger partial charge in [0.2, 0.25) is 5.91 Å². The van der Waals surface area contributed by atoms with Crippen LogP contribution >= 0.6 is 0 Å². The summed E-state index contributed by atoms with van der Waals surface area (Å²) in [6.07, 6.45) is 6.02. The standard InChI is InChI=1S/C18H17FN2O3/c19-16-4-1-14(2-5-16)3-6-17(22)20-8-10-21(11-9-20)18(23)15-7-12-24-13-15/h1-7,12-13H,8-11H2/b6-3+. The van der Waals surface area contributed by atoms with E-state index in [2.05, 4.69) is 0 Å². The lowest BCUT2D eigenvalue weighted by atomic mass is 10.2. The Morgan fingerprint density at radius 2 is 1.67 bits per heavy atom. The van der Waals surface area contributed by atoms with E-state index in [0.29, 0.717) is 31.7 Å². The van der Waals surface area contributed by atoms with E-state index < -0.39 is 0 Å². The molecule has 1 fully saturated rings. The number of carbonyl (C=O) groups excluding carboxylic acids is 2. The number of amides is 2. The van der Waals surface area contributed by atoms with Crippen molar-refractivity contribution in [2.45, 2.75) is 0 Å². The van der Waals surface area contributed by atoms with E-state index in [9.17, 15) is 14.0 Å². The number of carbonyl (C=O) groups is 2. The highest BCUT2D eigenvalue weighted by Gasteiger charge is 2.24. The van der Waals surface area contributed by atoms with Gasteiger partial charge < -0.3 is 14.2 Å². The summed E-state index contributed by atoms with van der Waals surface area (Å²) in [7, 11) is 0. The molecule has 5 nitrogen and oxygen atoms in total. The Balaban J connectivity index is 1.53. The molecule has 0 unspecified atom stereocenters. The zero-order valence-electron chi connectivity index (χ0n) is 13.0. The fraction of sp³-hybridized carbons (Fsp3) is 0.222. The Kier molecular flexibility index (Phi) is 4.74. The zero-order valence-corrected chi connectivity index (χ0v) is 13.0. The van der Waals surface area contributed by atoms with Crippen LogP contribution in [0.3, 0.4) is 0 Å². The molecule has 2 heterocycles. The predicted molar refractivity (Wildman–Crippen MR) is 86.6 cm³/mol. The fourth-order valence-corrected chi connectivity index (χ4v) is 2.55. The second-order valence-corrected chi connectivity index (χ2v) is 5.51. The normalized spacial score (nSPS) is 15.0. The van der Waals surface area contributed by atoms with Crippen LogP contribution in [0.4, 0.5) is 4.39 Å². The van der Waals surface area contributed by atoms with Crippen molar-refractivity contribution in [2.75, 3.05) is 26.2 Å². The number of nitrogens with zero attached hydrogens (tertiary/aromatic N) is 2. The van der Waals surface area contributed by atoms with Crippen molar-refractivity contribution in [3.05, 3.63) is 65.9 Å². The van der Waals surface area contributed by atoms with E-state index in [1.807, 2.05) is 0 Å². The maximum Gasteiger partial charge on any atom is 0.257 e. The second kappa shape index (κ2) is 7.12. The first-order valence-corrected chi connectivity index (χ1v) is 7.67. The first-order valence-electron chi connectivity index (χ1n) is 7.67. The summed E-state index contributed by atoms with van der Waals surface area (Å²) in [5.41, 5.74) is 1.28. The van der Waals surface area contributed by atoms with Gasteiger partial charge in [0.05, 0.1) is 11.8 Å². The SMILES string of the molecule is O=C(/C=C/c1ccc(F)cc1)N1CCN(C(=O)c2ccoc2)CC1. The molecule has 2 aromatic rings. The predicted octanol–water partition coefficient (Wildman–Crippen LogP) is 2.42. The van der Waals surface area contributed by atoms with E-state index in [1.165, 1.54) is 30.7 Å². The van der Waals surface area contributed by atoms with E-state index >= 15 is 0 Å². The molecule has 24 heavy (non-hydrogen) atoms. The van der Waals surface area contributed by atoms with Gasteiger partial charge in [-0.3, -0.25) is 9.59 Å². The van der Waals surface area contributed by atoms with Crippen molar-refractivity contribution < 1.29 is 18.4 Å². The molecule has 0 bridgehead atoms. The summed E-state index contributed by atoms with van der Waals surface area (Å²) < 4.78 is 17.8. The minimum absolute atomic E-state index is 0.0855. The first-order chi connectivity index (χ1) is 11.6. The molecule has 0 radical (unpaired) electrons. The Morgan fingerprint density at radius 3 is 2.29 bits per heavy atom. The molecule has 3 rings (SSSR count). The fourth-order valence-electron chi connectivity index (χ4n) is 2.55. The van der Waals surface area contributed by atoms with Gasteiger partial charge in [-0.15, -0.1) is 0 Å². The molecule has 0 saturated carbocycles. The number of benzene rings is 1. The monoisotopic (exact) mass is 328 g/mol. The lowest BCUT2D eigenvalue weighted by Crippen LogP contribution is -2.50. The molecule has 2 amide bonds. The molecule has 0 aliphatic carbocycles. The number of piperazine rings is 1. The van der Waals surface area contributed by atoms with Gasteiger partial charge in [-0.1, -0.05) is 12.1 Å². The summed E-state index contributed by atoms with van der Waals surface area (Å²) >= 11 is 0. The van der Waals surface area contributed by atoms with E-state index in [-0.39, 0.29) is 17.6 Å². The van der Waals surface area contributed by atoms with Crippen LogP contribution in [0.2, 0.25) is 0 Å². The molecule has 0 spiro atoms. The van der Waals surface area contributed by atoms with E-state index in [4.69, 9.17) is 4.42 Å². The van der Waals surface area contributed by atoms with Crippen LogP contribution in [-0.2, 0) is 4.79 Å². The van der Waals surface area contributed by atoms with Crippen molar-refractivity contribution in [1.29, 1.82) is 0 Å². The van der Waals surface area contributed by atoms with Crippen LogP contribution in [0.1, 0.15) is 15.9 Å². The molecule has 6 heteroatoms. The summed E-state index contributed by atoms with van der Waals surface area (Å²) in [5, 5.41) is 0.